The first-order valence-corrected chi connectivity index (χ1v) is 8.16. The number of nitrogens with one attached hydrogen (secondary N) is 1. The standard InChI is InChI=1S/C16H29N5O2/c1-6-16(2)12-21(7-8-23-16)15(22)17-10-14(19(3)4)13-9-18-20(5)11-13/h9,11,14H,6-8,10,12H2,1-5H3,(H,17,22)/t14-,16+/m1/s1. The third-order valence-corrected chi connectivity index (χ3v) is 4.55. The van der Waals surface area contributed by atoms with E-state index in [2.05, 4.69) is 29.2 Å². The van der Waals surface area contributed by atoms with E-state index in [0.717, 1.165) is 12.0 Å². The first kappa shape index (κ1) is 17.7. The molecule has 0 radical (unpaired) electrons. The van der Waals surface area contributed by atoms with Crippen molar-refractivity contribution in [1.29, 1.82) is 0 Å². The minimum atomic E-state index is -0.236. The molecule has 130 valence electrons. The van der Waals surface area contributed by atoms with Crippen LogP contribution in [0.15, 0.2) is 12.4 Å². The first-order valence-electron chi connectivity index (χ1n) is 8.16. The zero-order chi connectivity index (χ0) is 17.0. The lowest BCUT2D eigenvalue weighted by Crippen LogP contribution is -2.55. The Labute approximate surface area is 138 Å². The van der Waals surface area contributed by atoms with Crippen molar-refractivity contribution in [2.45, 2.75) is 31.9 Å². The molecule has 7 nitrogen and oxygen atoms in total. The molecule has 1 saturated heterocycles. The molecule has 0 bridgehead atoms. The van der Waals surface area contributed by atoms with Gasteiger partial charge in [0.25, 0.3) is 0 Å². The van der Waals surface area contributed by atoms with Crippen LogP contribution in [0, 0.1) is 0 Å². The number of ether oxygens (including phenoxy) is 1. The van der Waals surface area contributed by atoms with Crippen molar-refractivity contribution in [3.8, 4) is 0 Å². The lowest BCUT2D eigenvalue weighted by molar-refractivity contribution is -0.0873. The molecule has 1 aromatic rings. The summed E-state index contributed by atoms with van der Waals surface area (Å²) in [5, 5.41) is 7.27. The smallest absolute Gasteiger partial charge is 0.317 e. The van der Waals surface area contributed by atoms with Gasteiger partial charge in [0.05, 0.1) is 31.0 Å². The van der Waals surface area contributed by atoms with Gasteiger partial charge in [0.2, 0.25) is 0 Å². The molecule has 0 unspecified atom stereocenters. The maximum Gasteiger partial charge on any atom is 0.317 e. The van der Waals surface area contributed by atoms with Crippen molar-refractivity contribution in [2.24, 2.45) is 7.05 Å². The molecule has 0 saturated carbocycles. The Morgan fingerprint density at radius 3 is 2.87 bits per heavy atom. The number of hydrogen-bond acceptors (Lipinski definition) is 4. The van der Waals surface area contributed by atoms with E-state index in [-0.39, 0.29) is 17.7 Å². The number of rotatable bonds is 5. The number of aryl methyl sites for hydroxylation is 1. The summed E-state index contributed by atoms with van der Waals surface area (Å²) in [6.45, 7) is 6.57. The number of amides is 2. The molecule has 7 heteroatoms. The number of urea groups is 1. The molecule has 0 aromatic carbocycles. The minimum absolute atomic E-state index is 0.0243. The predicted molar refractivity (Wildman–Crippen MR) is 89.3 cm³/mol. The molecule has 0 aliphatic carbocycles. The number of morpholine rings is 1. The molecule has 2 rings (SSSR count). The summed E-state index contributed by atoms with van der Waals surface area (Å²) in [4.78, 5) is 16.4. The zero-order valence-corrected chi connectivity index (χ0v) is 14.9. The second-order valence-electron chi connectivity index (χ2n) is 6.69. The lowest BCUT2D eigenvalue weighted by Gasteiger charge is -2.40. The van der Waals surface area contributed by atoms with Crippen molar-refractivity contribution in [3.63, 3.8) is 0 Å². The minimum Gasteiger partial charge on any atom is -0.372 e. The maximum absolute atomic E-state index is 12.5. The van der Waals surface area contributed by atoms with Crippen LogP contribution < -0.4 is 5.32 Å². The van der Waals surface area contributed by atoms with Gasteiger partial charge in [-0.05, 0) is 27.4 Å². The number of carbonyl (C=O) groups is 1. The molecule has 2 atom stereocenters. The first-order chi connectivity index (χ1) is 10.8. The van der Waals surface area contributed by atoms with Crippen LogP contribution >= 0.6 is 0 Å². The van der Waals surface area contributed by atoms with E-state index in [1.54, 1.807) is 4.68 Å². The SMILES string of the molecule is CC[C@@]1(C)CN(C(=O)NC[C@H](c2cnn(C)c2)N(C)C)CCO1. The number of carbonyl (C=O) groups excluding carboxylic acids is 1. The van der Waals surface area contributed by atoms with Gasteiger partial charge in [-0.2, -0.15) is 5.10 Å². The number of hydrogen-bond donors (Lipinski definition) is 1. The van der Waals surface area contributed by atoms with Crippen LogP contribution in [0.1, 0.15) is 31.9 Å². The van der Waals surface area contributed by atoms with Gasteiger partial charge >= 0.3 is 6.03 Å². The van der Waals surface area contributed by atoms with Crippen LogP contribution in [0.2, 0.25) is 0 Å². The summed E-state index contributed by atoms with van der Waals surface area (Å²) in [6.07, 6.45) is 4.73. The fourth-order valence-corrected chi connectivity index (χ4v) is 2.82. The average Bonchev–Trinajstić information content (AvgIpc) is 2.93. The van der Waals surface area contributed by atoms with Crippen LogP contribution in [0.25, 0.3) is 0 Å². The molecule has 0 spiro atoms. The van der Waals surface area contributed by atoms with Crippen LogP contribution in [0.5, 0.6) is 0 Å². The number of aromatic nitrogens is 2. The Kier molecular flexibility index (Phi) is 5.64. The van der Waals surface area contributed by atoms with Crippen LogP contribution in [0.3, 0.4) is 0 Å². The molecule has 2 heterocycles. The Morgan fingerprint density at radius 1 is 1.57 bits per heavy atom. The summed E-state index contributed by atoms with van der Waals surface area (Å²) in [5.41, 5.74) is 0.859. The van der Waals surface area contributed by atoms with Crippen molar-refractivity contribution >= 4 is 6.03 Å². The highest BCUT2D eigenvalue weighted by atomic mass is 16.5. The Bertz CT molecular complexity index is 530. The molecule has 1 aliphatic heterocycles. The molecular formula is C16H29N5O2. The molecular weight excluding hydrogens is 294 g/mol. The molecule has 1 aliphatic rings. The summed E-state index contributed by atoms with van der Waals surface area (Å²) >= 11 is 0. The predicted octanol–water partition coefficient (Wildman–Crippen LogP) is 1.23. The average molecular weight is 323 g/mol. The van der Waals surface area contributed by atoms with E-state index in [0.29, 0.717) is 26.2 Å². The Morgan fingerprint density at radius 2 is 2.30 bits per heavy atom. The fraction of sp³-hybridized carbons (Fsp3) is 0.750. The van der Waals surface area contributed by atoms with Gasteiger partial charge in [-0.25, -0.2) is 4.79 Å². The van der Waals surface area contributed by atoms with E-state index >= 15 is 0 Å². The summed E-state index contributed by atoms with van der Waals surface area (Å²) < 4.78 is 7.57. The quantitative estimate of drug-likeness (QED) is 0.885. The Balaban J connectivity index is 1.94. The van der Waals surface area contributed by atoms with E-state index in [1.165, 1.54) is 0 Å². The maximum atomic E-state index is 12.5. The van der Waals surface area contributed by atoms with Gasteiger partial charge in [0.15, 0.2) is 0 Å². The highest BCUT2D eigenvalue weighted by Crippen LogP contribution is 2.21. The van der Waals surface area contributed by atoms with Crippen molar-refractivity contribution in [3.05, 3.63) is 18.0 Å². The summed E-state index contributed by atoms with van der Waals surface area (Å²) in [7, 11) is 5.91. The second-order valence-corrected chi connectivity index (χ2v) is 6.69. The van der Waals surface area contributed by atoms with E-state index < -0.39 is 0 Å². The Hall–Kier alpha value is -1.60. The van der Waals surface area contributed by atoms with E-state index in [4.69, 9.17) is 4.74 Å². The van der Waals surface area contributed by atoms with Gasteiger partial charge in [0.1, 0.15) is 0 Å². The third-order valence-electron chi connectivity index (χ3n) is 4.55. The fourth-order valence-electron chi connectivity index (χ4n) is 2.82. The number of likely N-dealkylation sites (N-methyl/N-ethyl adjacent to an activating group) is 1. The highest BCUT2D eigenvalue weighted by molar-refractivity contribution is 5.74. The lowest BCUT2D eigenvalue weighted by atomic mass is 10.0. The summed E-state index contributed by atoms with van der Waals surface area (Å²) in [6, 6.07) is 0.0787. The molecule has 1 aromatic heterocycles. The van der Waals surface area contributed by atoms with Gasteiger partial charge < -0.3 is 19.9 Å². The number of nitrogens with zero attached hydrogens (tertiary/aromatic N) is 4. The van der Waals surface area contributed by atoms with Crippen molar-refractivity contribution in [2.75, 3.05) is 40.3 Å². The van der Waals surface area contributed by atoms with Gasteiger partial charge in [0, 0.05) is 31.9 Å². The zero-order valence-electron chi connectivity index (χ0n) is 14.9. The largest absolute Gasteiger partial charge is 0.372 e. The van der Waals surface area contributed by atoms with Gasteiger partial charge in [-0.3, -0.25) is 4.68 Å². The molecule has 23 heavy (non-hydrogen) atoms. The second kappa shape index (κ2) is 7.31. The van der Waals surface area contributed by atoms with E-state index in [9.17, 15) is 4.79 Å². The monoisotopic (exact) mass is 323 g/mol. The van der Waals surface area contributed by atoms with Crippen LogP contribution in [0.4, 0.5) is 4.79 Å². The molecule has 2 amide bonds. The van der Waals surface area contributed by atoms with Crippen molar-refractivity contribution in [1.82, 2.24) is 24.9 Å². The molecule has 1 fully saturated rings. The third kappa shape index (κ3) is 4.45. The topological polar surface area (TPSA) is 62.6 Å². The van der Waals surface area contributed by atoms with Crippen LogP contribution in [-0.4, -0.2) is 71.5 Å². The van der Waals surface area contributed by atoms with Crippen molar-refractivity contribution < 1.29 is 9.53 Å². The molecule has 1 N–H and O–H groups in total. The van der Waals surface area contributed by atoms with Crippen LogP contribution in [-0.2, 0) is 11.8 Å². The van der Waals surface area contributed by atoms with E-state index in [1.807, 2.05) is 38.4 Å². The highest BCUT2D eigenvalue weighted by Gasteiger charge is 2.32. The normalized spacial score (nSPS) is 23.1. The summed E-state index contributed by atoms with van der Waals surface area (Å²) in [5.74, 6) is 0. The van der Waals surface area contributed by atoms with Gasteiger partial charge in [-0.1, -0.05) is 6.92 Å². The van der Waals surface area contributed by atoms with Gasteiger partial charge in [-0.15, -0.1) is 0 Å².